The highest BCUT2D eigenvalue weighted by molar-refractivity contribution is 6.16. The van der Waals surface area contributed by atoms with Crippen LogP contribution in [0.1, 0.15) is 39.0 Å². The number of quaternary nitrogens is 1. The number of hydrogen-bond donors (Lipinski definition) is 0. The smallest absolute Gasteiger partial charge is 0.154 e. The van der Waals surface area contributed by atoms with E-state index in [1.165, 1.54) is 38.6 Å². The van der Waals surface area contributed by atoms with Crippen LogP contribution >= 0.6 is 11.6 Å². The maximum atomic E-state index is 5.81. The molecule has 0 rings (SSSR count). The summed E-state index contributed by atoms with van der Waals surface area (Å²) < 4.78 is 0.952. The minimum Gasteiger partial charge on any atom is -1.00 e. The molecule has 1 nitrogen and oxygen atoms in total. The van der Waals surface area contributed by atoms with E-state index in [4.69, 9.17) is 11.6 Å². The third-order valence-electron chi connectivity index (χ3n) is 2.19. The zero-order valence-corrected chi connectivity index (χ0v) is 12.1. The second-order valence-corrected chi connectivity index (χ2v) is 4.43. The number of nitrogens with zero attached hydrogens (tertiary/aromatic N) is 1. The zero-order valence-electron chi connectivity index (χ0n) is 9.15. The Morgan fingerprint density at radius 3 is 2.00 bits per heavy atom. The largest absolute Gasteiger partial charge is 1.00 e. The quantitative estimate of drug-likeness (QED) is 0.207. The van der Waals surface area contributed by atoms with Crippen molar-refractivity contribution in [1.82, 2.24) is 0 Å². The fraction of sp³-hybridized carbons (Fsp3) is 1.00. The first-order valence-corrected chi connectivity index (χ1v) is 5.54. The third-order valence-corrected chi connectivity index (χ3v) is 2.84. The highest BCUT2D eigenvalue weighted by Crippen LogP contribution is 2.07. The van der Waals surface area contributed by atoms with Crippen molar-refractivity contribution in [3.63, 3.8) is 0 Å². The Hall–Kier alpha value is 0.980. The second kappa shape index (κ2) is 9.53. The van der Waals surface area contributed by atoms with E-state index in [1.54, 1.807) is 0 Å². The van der Waals surface area contributed by atoms with Crippen molar-refractivity contribution < 1.29 is 28.5 Å². The SMILES string of the molecule is CCCCCCC[N+](C)(C)CCl.[I-]. The van der Waals surface area contributed by atoms with E-state index < -0.39 is 0 Å². The van der Waals surface area contributed by atoms with Crippen LogP contribution in [0.3, 0.4) is 0 Å². The lowest BCUT2D eigenvalue weighted by molar-refractivity contribution is -0.879. The van der Waals surface area contributed by atoms with Crippen molar-refractivity contribution in [2.75, 3.05) is 26.6 Å². The first-order chi connectivity index (χ1) is 5.62. The maximum absolute atomic E-state index is 5.81. The number of unbranched alkanes of at least 4 members (excludes halogenated alkanes) is 4. The van der Waals surface area contributed by atoms with E-state index in [2.05, 4.69) is 21.0 Å². The molecule has 0 aliphatic heterocycles. The van der Waals surface area contributed by atoms with E-state index in [0.717, 1.165) is 10.5 Å². The van der Waals surface area contributed by atoms with Gasteiger partial charge in [-0.15, -0.1) is 0 Å². The fourth-order valence-corrected chi connectivity index (χ4v) is 1.32. The Bertz CT molecular complexity index is 107. The summed E-state index contributed by atoms with van der Waals surface area (Å²) in [5.41, 5.74) is 0. The van der Waals surface area contributed by atoms with E-state index >= 15 is 0 Å². The average Bonchev–Trinajstić information content (AvgIpc) is 2.04. The van der Waals surface area contributed by atoms with Gasteiger partial charge >= 0.3 is 0 Å². The topological polar surface area (TPSA) is 0 Å². The van der Waals surface area contributed by atoms with Gasteiger partial charge < -0.3 is 28.5 Å². The number of halogens is 2. The molecule has 0 N–H and O–H groups in total. The molecule has 0 aromatic rings. The highest BCUT2D eigenvalue weighted by Gasteiger charge is 2.11. The minimum absolute atomic E-state index is 0. The monoisotopic (exact) mass is 319 g/mol. The highest BCUT2D eigenvalue weighted by atomic mass is 127. The Morgan fingerprint density at radius 1 is 1.00 bits per heavy atom. The van der Waals surface area contributed by atoms with Crippen LogP contribution in [0.4, 0.5) is 0 Å². The van der Waals surface area contributed by atoms with Crippen LogP contribution in [0.5, 0.6) is 0 Å². The Balaban J connectivity index is 0. The van der Waals surface area contributed by atoms with E-state index in [-0.39, 0.29) is 24.0 Å². The van der Waals surface area contributed by atoms with Gasteiger partial charge in [0.25, 0.3) is 0 Å². The van der Waals surface area contributed by atoms with E-state index in [0.29, 0.717) is 0 Å². The van der Waals surface area contributed by atoms with Gasteiger partial charge in [0.2, 0.25) is 0 Å². The van der Waals surface area contributed by atoms with Gasteiger partial charge in [0.05, 0.1) is 20.6 Å². The molecule has 0 saturated heterocycles. The lowest BCUT2D eigenvalue weighted by atomic mass is 10.1. The van der Waals surface area contributed by atoms with Crippen LogP contribution in [-0.4, -0.2) is 31.1 Å². The van der Waals surface area contributed by atoms with Gasteiger partial charge in [-0.2, -0.15) is 0 Å². The summed E-state index contributed by atoms with van der Waals surface area (Å²) in [6.45, 7) is 3.46. The van der Waals surface area contributed by atoms with Crippen molar-refractivity contribution in [3.8, 4) is 0 Å². The summed E-state index contributed by atoms with van der Waals surface area (Å²) in [6.07, 6.45) is 6.78. The first-order valence-electron chi connectivity index (χ1n) is 5.00. The van der Waals surface area contributed by atoms with Gasteiger partial charge in [-0.3, -0.25) is 0 Å². The van der Waals surface area contributed by atoms with Crippen LogP contribution in [0.25, 0.3) is 0 Å². The van der Waals surface area contributed by atoms with Crippen LogP contribution in [0, 0.1) is 0 Å². The lowest BCUT2D eigenvalue weighted by Crippen LogP contribution is -3.00. The van der Waals surface area contributed by atoms with Gasteiger partial charge in [-0.1, -0.05) is 37.8 Å². The number of rotatable bonds is 7. The molecule has 0 amide bonds. The molecule has 0 radical (unpaired) electrons. The molecule has 0 aromatic carbocycles. The molecular weight excluding hydrogens is 296 g/mol. The second-order valence-electron chi connectivity index (χ2n) is 4.19. The molecule has 0 saturated carbocycles. The third kappa shape index (κ3) is 10.9. The molecule has 0 spiro atoms. The Labute approximate surface area is 105 Å². The maximum Gasteiger partial charge on any atom is 0.154 e. The van der Waals surface area contributed by atoms with Crippen molar-refractivity contribution in [2.24, 2.45) is 0 Å². The number of hydrogen-bond acceptors (Lipinski definition) is 0. The normalized spacial score (nSPS) is 11.1. The Morgan fingerprint density at radius 2 is 1.54 bits per heavy atom. The van der Waals surface area contributed by atoms with Gasteiger partial charge in [0.1, 0.15) is 0 Å². The summed E-state index contributed by atoms with van der Waals surface area (Å²) in [5, 5.41) is 0. The molecule has 0 unspecified atom stereocenters. The number of alkyl halides is 1. The molecule has 0 heterocycles. The molecular formula is C10H23ClIN. The summed E-state index contributed by atoms with van der Waals surface area (Å²) in [7, 11) is 4.37. The molecule has 82 valence electrons. The van der Waals surface area contributed by atoms with Crippen molar-refractivity contribution >= 4 is 11.6 Å². The summed E-state index contributed by atoms with van der Waals surface area (Å²) in [6, 6.07) is 0.730. The molecule has 3 heteroatoms. The fourth-order valence-electron chi connectivity index (χ4n) is 1.20. The molecule has 0 aromatic heterocycles. The summed E-state index contributed by atoms with van der Waals surface area (Å²) in [4.78, 5) is 0. The van der Waals surface area contributed by atoms with Gasteiger partial charge in [0.15, 0.2) is 6.00 Å². The molecule has 0 bridgehead atoms. The van der Waals surface area contributed by atoms with Crippen molar-refractivity contribution in [1.29, 1.82) is 0 Å². The van der Waals surface area contributed by atoms with Gasteiger partial charge in [-0.25, -0.2) is 0 Å². The van der Waals surface area contributed by atoms with E-state index in [1.807, 2.05) is 0 Å². The molecule has 0 fully saturated rings. The van der Waals surface area contributed by atoms with Crippen molar-refractivity contribution in [3.05, 3.63) is 0 Å². The van der Waals surface area contributed by atoms with Crippen LogP contribution in [0.15, 0.2) is 0 Å². The van der Waals surface area contributed by atoms with Gasteiger partial charge in [-0.05, 0) is 12.8 Å². The molecule has 13 heavy (non-hydrogen) atoms. The average molecular weight is 320 g/mol. The predicted molar refractivity (Wildman–Crippen MR) is 56.5 cm³/mol. The lowest BCUT2D eigenvalue weighted by Gasteiger charge is -2.26. The first kappa shape index (κ1) is 16.4. The molecule has 0 aliphatic carbocycles. The summed E-state index contributed by atoms with van der Waals surface area (Å²) >= 11 is 5.81. The molecule has 0 atom stereocenters. The van der Waals surface area contributed by atoms with Crippen LogP contribution in [-0.2, 0) is 0 Å². The minimum atomic E-state index is 0. The molecule has 0 aliphatic rings. The van der Waals surface area contributed by atoms with Crippen molar-refractivity contribution in [2.45, 2.75) is 39.0 Å². The zero-order chi connectivity index (χ0) is 9.45. The standard InChI is InChI=1S/C10H23ClN.HI/c1-4-5-6-7-8-9-12(2,3)10-11;/h4-10H2,1-3H3;1H/q+1;/p-1. The predicted octanol–water partition coefficient (Wildman–Crippen LogP) is 0.234. The summed E-state index contributed by atoms with van der Waals surface area (Å²) in [5.74, 6) is 0. The van der Waals surface area contributed by atoms with Gasteiger partial charge in [0, 0.05) is 0 Å². The van der Waals surface area contributed by atoms with Crippen LogP contribution < -0.4 is 24.0 Å². The van der Waals surface area contributed by atoms with E-state index in [9.17, 15) is 0 Å². The van der Waals surface area contributed by atoms with Crippen LogP contribution in [0.2, 0.25) is 0 Å². The Kier molecular flexibility index (Phi) is 12.0.